The number of hydrogen-bond acceptors (Lipinski definition) is 0. The Labute approximate surface area is 82.9 Å². The second-order valence-electron chi connectivity index (χ2n) is 5.91. The summed E-state index contributed by atoms with van der Waals surface area (Å²) >= 11 is 0. The van der Waals surface area contributed by atoms with Gasteiger partial charge in [0.2, 0.25) is 0 Å². The summed E-state index contributed by atoms with van der Waals surface area (Å²) in [6.07, 6.45) is -0.377. The molecule has 0 heterocycles. The van der Waals surface area contributed by atoms with E-state index in [1.807, 2.05) is 6.92 Å². The minimum atomic E-state index is -1.60. The molecule has 0 radical (unpaired) electrons. The lowest BCUT2D eigenvalue weighted by Crippen LogP contribution is -2.52. The predicted octanol–water partition coefficient (Wildman–Crippen LogP) is 3.75. The van der Waals surface area contributed by atoms with E-state index in [1.165, 1.54) is 6.92 Å². The van der Waals surface area contributed by atoms with Gasteiger partial charge in [0.25, 0.3) is 0 Å². The third-order valence-corrected chi connectivity index (χ3v) is 3.53. The van der Waals surface area contributed by atoms with Crippen LogP contribution >= 0.6 is 0 Å². The van der Waals surface area contributed by atoms with E-state index in [0.717, 1.165) is 0 Å². The molecule has 0 N–H and O–H groups in total. The summed E-state index contributed by atoms with van der Waals surface area (Å²) in [5.41, 5.74) is -3.54. The minimum Gasteiger partial charge on any atom is -0.247 e. The third-order valence-electron chi connectivity index (χ3n) is 3.53. The van der Waals surface area contributed by atoms with E-state index in [9.17, 15) is 13.2 Å². The van der Waals surface area contributed by atoms with Gasteiger partial charge < -0.3 is 0 Å². The van der Waals surface area contributed by atoms with E-state index in [2.05, 4.69) is 0 Å². The Hall–Kier alpha value is -0.210. The van der Waals surface area contributed by atoms with Gasteiger partial charge in [-0.3, -0.25) is 0 Å². The van der Waals surface area contributed by atoms with Crippen LogP contribution in [0.4, 0.5) is 13.2 Å². The van der Waals surface area contributed by atoms with Crippen molar-refractivity contribution in [2.24, 2.45) is 5.41 Å². The molecular weight excluding hydrogens is 189 g/mol. The molecule has 0 aromatic carbocycles. The predicted molar refractivity (Wildman–Crippen MR) is 49.4 cm³/mol. The van der Waals surface area contributed by atoms with Crippen molar-refractivity contribution in [1.82, 2.24) is 0 Å². The molecule has 2 rings (SSSR count). The van der Waals surface area contributed by atoms with E-state index in [-0.39, 0.29) is 12.8 Å². The van der Waals surface area contributed by atoms with Gasteiger partial charge in [0.15, 0.2) is 0 Å². The quantitative estimate of drug-likeness (QED) is 0.566. The number of hydrogen-bond donors (Lipinski definition) is 0. The van der Waals surface area contributed by atoms with Gasteiger partial charge in [-0.1, -0.05) is 6.92 Å². The van der Waals surface area contributed by atoms with Crippen LogP contribution in [0.25, 0.3) is 0 Å². The standard InChI is InChI=1S/C11H17F3/c1-9-3-8(12)4-11(14,6-9)7-10(2,13)5-9/h8H,3-7H2,1-2H3/t8?,9-,10?,11?/m1/s1. The van der Waals surface area contributed by atoms with Crippen LogP contribution < -0.4 is 0 Å². The van der Waals surface area contributed by atoms with Gasteiger partial charge >= 0.3 is 0 Å². The minimum absolute atomic E-state index is 0.109. The molecule has 2 fully saturated rings. The van der Waals surface area contributed by atoms with Crippen molar-refractivity contribution in [1.29, 1.82) is 0 Å². The van der Waals surface area contributed by atoms with Crippen molar-refractivity contribution in [3.8, 4) is 0 Å². The van der Waals surface area contributed by atoms with E-state index < -0.39 is 22.9 Å². The van der Waals surface area contributed by atoms with Gasteiger partial charge in [-0.2, -0.15) is 0 Å². The van der Waals surface area contributed by atoms with Crippen LogP contribution in [0.5, 0.6) is 0 Å². The summed E-state index contributed by atoms with van der Waals surface area (Å²) in [6, 6.07) is 0. The lowest BCUT2D eigenvalue weighted by molar-refractivity contribution is -0.111. The number of halogens is 3. The van der Waals surface area contributed by atoms with Crippen molar-refractivity contribution in [2.45, 2.75) is 63.5 Å². The molecule has 0 spiro atoms. The zero-order chi connectivity index (χ0) is 10.6. The molecule has 0 aliphatic heterocycles. The molecule has 0 amide bonds. The average molecular weight is 206 g/mol. The molecule has 82 valence electrons. The van der Waals surface area contributed by atoms with Crippen molar-refractivity contribution in [3.63, 3.8) is 0 Å². The molecule has 0 aromatic rings. The Bertz CT molecular complexity index is 221. The highest BCUT2D eigenvalue weighted by Gasteiger charge is 2.56. The van der Waals surface area contributed by atoms with Gasteiger partial charge in [-0.15, -0.1) is 0 Å². The first-order valence-electron chi connectivity index (χ1n) is 5.24. The summed E-state index contributed by atoms with van der Waals surface area (Å²) < 4.78 is 41.2. The number of alkyl halides is 3. The molecule has 3 unspecified atom stereocenters. The smallest absolute Gasteiger partial charge is 0.117 e. The fourth-order valence-corrected chi connectivity index (χ4v) is 3.80. The maximum atomic E-state index is 14.1. The first-order valence-corrected chi connectivity index (χ1v) is 5.24. The van der Waals surface area contributed by atoms with E-state index in [1.54, 1.807) is 0 Å². The molecule has 0 aromatic heterocycles. The Morgan fingerprint density at radius 3 is 2.21 bits per heavy atom. The molecular formula is C11H17F3. The largest absolute Gasteiger partial charge is 0.247 e. The van der Waals surface area contributed by atoms with Crippen LogP contribution in [0, 0.1) is 5.41 Å². The van der Waals surface area contributed by atoms with Crippen molar-refractivity contribution < 1.29 is 13.2 Å². The van der Waals surface area contributed by atoms with Crippen LogP contribution in [0.3, 0.4) is 0 Å². The molecule has 2 bridgehead atoms. The molecule has 14 heavy (non-hydrogen) atoms. The van der Waals surface area contributed by atoms with Crippen LogP contribution in [0.2, 0.25) is 0 Å². The van der Waals surface area contributed by atoms with Crippen LogP contribution in [-0.4, -0.2) is 17.5 Å². The zero-order valence-corrected chi connectivity index (χ0v) is 8.75. The summed E-state index contributed by atoms with van der Waals surface area (Å²) in [6.45, 7) is 3.25. The van der Waals surface area contributed by atoms with Crippen LogP contribution in [0.1, 0.15) is 46.0 Å². The fourth-order valence-electron chi connectivity index (χ4n) is 3.80. The molecule has 0 saturated heterocycles. The number of fused-ring (bicyclic) bond motifs is 2. The molecule has 0 nitrogen and oxygen atoms in total. The summed E-state index contributed by atoms with van der Waals surface area (Å²) in [5, 5.41) is 0. The monoisotopic (exact) mass is 206 g/mol. The second-order valence-corrected chi connectivity index (χ2v) is 5.91. The van der Waals surface area contributed by atoms with E-state index >= 15 is 0 Å². The first kappa shape index (κ1) is 10.3. The Balaban J connectivity index is 2.28. The first-order chi connectivity index (χ1) is 6.22. The summed E-state index contributed by atoms with van der Waals surface area (Å²) in [5.74, 6) is 0. The average Bonchev–Trinajstić information content (AvgIpc) is 1.71. The van der Waals surface area contributed by atoms with Crippen LogP contribution in [0.15, 0.2) is 0 Å². The Morgan fingerprint density at radius 1 is 1.00 bits per heavy atom. The molecule has 2 aliphatic carbocycles. The molecule has 3 heteroatoms. The van der Waals surface area contributed by atoms with Gasteiger partial charge in [-0.05, 0) is 31.6 Å². The Kier molecular flexibility index (Phi) is 1.97. The summed E-state index contributed by atoms with van der Waals surface area (Å²) in [7, 11) is 0. The van der Waals surface area contributed by atoms with Gasteiger partial charge in [0.05, 0.1) is 0 Å². The highest BCUT2D eigenvalue weighted by molar-refractivity contribution is 5.06. The molecule has 4 atom stereocenters. The van der Waals surface area contributed by atoms with E-state index in [0.29, 0.717) is 19.3 Å². The normalized spacial score (nSPS) is 58.5. The highest BCUT2D eigenvalue weighted by atomic mass is 19.2. The SMILES string of the molecule is CC1(F)CC2(F)CC(F)C[C@](C)(C1)C2. The highest BCUT2D eigenvalue weighted by Crippen LogP contribution is 2.57. The maximum Gasteiger partial charge on any atom is 0.117 e. The van der Waals surface area contributed by atoms with Gasteiger partial charge in [0, 0.05) is 12.8 Å². The summed E-state index contributed by atoms with van der Waals surface area (Å²) in [4.78, 5) is 0. The molecule has 2 saturated carbocycles. The third kappa shape index (κ3) is 1.78. The van der Waals surface area contributed by atoms with Crippen molar-refractivity contribution in [3.05, 3.63) is 0 Å². The topological polar surface area (TPSA) is 0 Å². The fraction of sp³-hybridized carbons (Fsp3) is 1.00. The maximum absolute atomic E-state index is 14.1. The van der Waals surface area contributed by atoms with Crippen molar-refractivity contribution in [2.75, 3.05) is 0 Å². The number of rotatable bonds is 0. The van der Waals surface area contributed by atoms with E-state index in [4.69, 9.17) is 0 Å². The lowest BCUT2D eigenvalue weighted by Gasteiger charge is -2.52. The lowest BCUT2D eigenvalue weighted by atomic mass is 9.57. The van der Waals surface area contributed by atoms with Gasteiger partial charge in [0.1, 0.15) is 17.5 Å². The second kappa shape index (κ2) is 2.67. The van der Waals surface area contributed by atoms with Crippen LogP contribution in [-0.2, 0) is 0 Å². The Morgan fingerprint density at radius 2 is 1.64 bits per heavy atom. The van der Waals surface area contributed by atoms with Crippen molar-refractivity contribution >= 4 is 0 Å². The molecule has 2 aliphatic rings. The zero-order valence-electron chi connectivity index (χ0n) is 8.75. The van der Waals surface area contributed by atoms with Gasteiger partial charge in [-0.25, -0.2) is 13.2 Å².